The minimum atomic E-state index is -1.35. The van der Waals surface area contributed by atoms with E-state index in [1.165, 1.54) is 6.07 Å². The maximum absolute atomic E-state index is 12.6. The first-order chi connectivity index (χ1) is 11.7. The summed E-state index contributed by atoms with van der Waals surface area (Å²) in [5.74, 6) is -3.47. The van der Waals surface area contributed by atoms with Crippen LogP contribution in [0.2, 0.25) is 0 Å². The molecule has 0 spiro atoms. The molecular weight excluding hydrogens is 346 g/mol. The minimum Gasteiger partial charge on any atom is -0.506 e. The zero-order chi connectivity index (χ0) is 19.1. The van der Waals surface area contributed by atoms with Gasteiger partial charge in [-0.15, -0.1) is 0 Å². The number of nitrogens with one attached hydrogen (secondary N) is 1. The maximum atomic E-state index is 12.6. The summed E-state index contributed by atoms with van der Waals surface area (Å²) in [5, 5.41) is 21.8. The van der Waals surface area contributed by atoms with Crippen LogP contribution in [0.3, 0.4) is 0 Å². The van der Waals surface area contributed by atoms with Crippen molar-refractivity contribution in [3.8, 4) is 5.75 Å². The molecular formula is C16H23N3O5S. The Hall–Kier alpha value is -2.26. The highest BCUT2D eigenvalue weighted by atomic mass is 32.1. The lowest BCUT2D eigenvalue weighted by Gasteiger charge is -2.31. The number of nitrogens with two attached hydrogens (primary N) is 1. The van der Waals surface area contributed by atoms with Crippen LogP contribution in [-0.2, 0) is 14.4 Å². The molecule has 0 saturated carbocycles. The number of anilines is 1. The summed E-state index contributed by atoms with van der Waals surface area (Å²) >= 11 is 3.93. The lowest BCUT2D eigenvalue weighted by atomic mass is 10.0. The van der Waals surface area contributed by atoms with Gasteiger partial charge in [0.25, 0.3) is 0 Å². The van der Waals surface area contributed by atoms with Crippen LogP contribution < -0.4 is 11.1 Å². The highest BCUT2D eigenvalue weighted by Gasteiger charge is 2.38. The van der Waals surface area contributed by atoms with Crippen molar-refractivity contribution in [2.24, 2.45) is 11.7 Å². The zero-order valence-electron chi connectivity index (χ0n) is 14.0. The monoisotopic (exact) mass is 369 g/mol. The van der Waals surface area contributed by atoms with E-state index < -0.39 is 35.8 Å². The summed E-state index contributed by atoms with van der Waals surface area (Å²) in [6.45, 7) is 2.81. The first-order valence-corrected chi connectivity index (χ1v) is 8.31. The predicted octanol–water partition coefficient (Wildman–Crippen LogP) is 0.526. The number of rotatable bonds is 8. The van der Waals surface area contributed by atoms with Crippen molar-refractivity contribution in [1.29, 1.82) is 0 Å². The van der Waals surface area contributed by atoms with Crippen molar-refractivity contribution in [3.05, 3.63) is 24.3 Å². The highest BCUT2D eigenvalue weighted by molar-refractivity contribution is 7.80. The van der Waals surface area contributed by atoms with Gasteiger partial charge in [-0.3, -0.25) is 14.5 Å². The first-order valence-electron chi connectivity index (χ1n) is 7.67. The van der Waals surface area contributed by atoms with Crippen molar-refractivity contribution >= 4 is 36.1 Å². The molecule has 0 fully saturated rings. The van der Waals surface area contributed by atoms with E-state index in [4.69, 9.17) is 5.73 Å². The molecule has 0 aliphatic carbocycles. The molecule has 0 saturated heterocycles. The summed E-state index contributed by atoms with van der Waals surface area (Å²) in [7, 11) is 0. The molecule has 0 bridgehead atoms. The third-order valence-electron chi connectivity index (χ3n) is 3.52. The Balaban J connectivity index is 3.05. The van der Waals surface area contributed by atoms with Crippen LogP contribution in [0.5, 0.6) is 5.75 Å². The molecule has 0 radical (unpaired) electrons. The fourth-order valence-corrected chi connectivity index (χ4v) is 2.40. The fraction of sp³-hybridized carbons (Fsp3) is 0.438. The number of amides is 2. The predicted molar refractivity (Wildman–Crippen MR) is 96.5 cm³/mol. The maximum Gasteiger partial charge on any atom is 0.327 e. The third kappa shape index (κ3) is 5.36. The number of benzene rings is 1. The molecule has 0 heterocycles. The van der Waals surface area contributed by atoms with Gasteiger partial charge in [0, 0.05) is 5.75 Å². The van der Waals surface area contributed by atoms with Crippen LogP contribution in [0.4, 0.5) is 5.69 Å². The number of aliphatic carboxylic acids is 1. The molecule has 1 aromatic carbocycles. The van der Waals surface area contributed by atoms with Gasteiger partial charge < -0.3 is 21.3 Å². The average molecular weight is 369 g/mol. The molecule has 8 nitrogen and oxygen atoms in total. The van der Waals surface area contributed by atoms with E-state index in [-0.39, 0.29) is 23.7 Å². The number of hydrogen-bond donors (Lipinski definition) is 5. The van der Waals surface area contributed by atoms with E-state index >= 15 is 0 Å². The number of carbonyl (C=O) groups is 3. The van der Waals surface area contributed by atoms with Crippen LogP contribution in [0.25, 0.3) is 0 Å². The Kier molecular flexibility index (Phi) is 7.72. The van der Waals surface area contributed by atoms with Crippen LogP contribution in [-0.4, -0.2) is 57.3 Å². The van der Waals surface area contributed by atoms with Gasteiger partial charge in [-0.25, -0.2) is 4.79 Å². The molecule has 1 aromatic rings. The standard InChI is InChI=1S/C16H23N3O5S/c1-9(2)14(16(23)24)19(15(22)10(17)8-25)13(21)7-18-11-5-3-4-6-12(11)20/h3-6,9-10,14,18,20,25H,7-8,17H2,1-2H3,(H,23,24). The number of para-hydroxylation sites is 2. The van der Waals surface area contributed by atoms with Crippen molar-refractivity contribution in [2.75, 3.05) is 17.6 Å². The summed E-state index contributed by atoms with van der Waals surface area (Å²) in [5.41, 5.74) is 5.94. The molecule has 2 unspecified atom stereocenters. The molecule has 0 aromatic heterocycles. The fourth-order valence-electron chi connectivity index (χ4n) is 2.24. The van der Waals surface area contributed by atoms with Gasteiger partial charge in [0.05, 0.1) is 18.3 Å². The number of phenols is 1. The SMILES string of the molecule is CC(C)C(C(=O)O)N(C(=O)CNc1ccccc1O)C(=O)C(N)CS. The Labute approximate surface area is 151 Å². The Morgan fingerprint density at radius 2 is 1.88 bits per heavy atom. The van der Waals surface area contributed by atoms with Gasteiger partial charge in [-0.05, 0) is 18.1 Å². The number of hydrogen-bond acceptors (Lipinski definition) is 7. The third-order valence-corrected chi connectivity index (χ3v) is 3.91. The van der Waals surface area contributed by atoms with E-state index in [0.717, 1.165) is 0 Å². The normalized spacial score (nSPS) is 13.2. The second-order valence-electron chi connectivity index (χ2n) is 5.79. The number of thiol groups is 1. The van der Waals surface area contributed by atoms with Crippen LogP contribution in [0.1, 0.15) is 13.8 Å². The Morgan fingerprint density at radius 1 is 1.28 bits per heavy atom. The van der Waals surface area contributed by atoms with E-state index in [1.54, 1.807) is 32.0 Å². The summed E-state index contributed by atoms with van der Waals surface area (Å²) in [6, 6.07) is 3.80. The smallest absolute Gasteiger partial charge is 0.327 e. The number of carbonyl (C=O) groups excluding carboxylic acids is 2. The van der Waals surface area contributed by atoms with E-state index in [0.29, 0.717) is 4.90 Å². The molecule has 0 aliphatic rings. The van der Waals surface area contributed by atoms with Crippen molar-refractivity contribution in [3.63, 3.8) is 0 Å². The second kappa shape index (κ2) is 9.28. The number of aromatic hydroxyl groups is 1. The lowest BCUT2D eigenvalue weighted by Crippen LogP contribution is -2.57. The molecule has 138 valence electrons. The Bertz CT molecular complexity index is 638. The number of carboxylic acid groups (broad SMARTS) is 1. The Morgan fingerprint density at radius 3 is 2.36 bits per heavy atom. The largest absolute Gasteiger partial charge is 0.506 e. The van der Waals surface area contributed by atoms with Crippen molar-refractivity contribution in [1.82, 2.24) is 4.90 Å². The molecule has 2 atom stereocenters. The zero-order valence-corrected chi connectivity index (χ0v) is 14.9. The number of imide groups is 1. The first kappa shape index (κ1) is 20.8. The minimum absolute atomic E-state index is 0.0278. The van der Waals surface area contributed by atoms with E-state index in [9.17, 15) is 24.6 Å². The van der Waals surface area contributed by atoms with Crippen molar-refractivity contribution < 1.29 is 24.6 Å². The molecule has 2 amide bonds. The average Bonchev–Trinajstić information content (AvgIpc) is 2.56. The van der Waals surface area contributed by atoms with Gasteiger partial charge in [0.2, 0.25) is 11.8 Å². The van der Waals surface area contributed by atoms with Gasteiger partial charge in [0.15, 0.2) is 0 Å². The van der Waals surface area contributed by atoms with Crippen LogP contribution in [0, 0.1) is 5.92 Å². The van der Waals surface area contributed by atoms with Gasteiger partial charge in [-0.1, -0.05) is 26.0 Å². The molecule has 5 N–H and O–H groups in total. The topological polar surface area (TPSA) is 133 Å². The quantitative estimate of drug-likeness (QED) is 0.333. The molecule has 9 heteroatoms. The van der Waals surface area contributed by atoms with E-state index in [1.807, 2.05) is 0 Å². The summed E-state index contributed by atoms with van der Waals surface area (Å²) < 4.78 is 0. The van der Waals surface area contributed by atoms with Crippen LogP contribution >= 0.6 is 12.6 Å². The van der Waals surface area contributed by atoms with Crippen molar-refractivity contribution in [2.45, 2.75) is 25.9 Å². The number of carboxylic acids is 1. The number of nitrogens with zero attached hydrogens (tertiary/aromatic N) is 1. The summed E-state index contributed by atoms with van der Waals surface area (Å²) in [6.07, 6.45) is 0. The van der Waals surface area contributed by atoms with Crippen LogP contribution in [0.15, 0.2) is 24.3 Å². The second-order valence-corrected chi connectivity index (χ2v) is 6.15. The molecule has 25 heavy (non-hydrogen) atoms. The van der Waals surface area contributed by atoms with Gasteiger partial charge in [-0.2, -0.15) is 12.6 Å². The van der Waals surface area contributed by atoms with Gasteiger partial charge >= 0.3 is 5.97 Å². The highest BCUT2D eigenvalue weighted by Crippen LogP contribution is 2.21. The lowest BCUT2D eigenvalue weighted by molar-refractivity contribution is -0.159. The van der Waals surface area contributed by atoms with E-state index in [2.05, 4.69) is 17.9 Å². The molecule has 0 aliphatic heterocycles. The summed E-state index contributed by atoms with van der Waals surface area (Å²) in [4.78, 5) is 37.2. The molecule has 1 rings (SSSR count). The number of phenolic OH excluding ortho intramolecular Hbond substituents is 1. The van der Waals surface area contributed by atoms with Gasteiger partial charge in [0.1, 0.15) is 11.8 Å².